The number of ketones is 2. The van der Waals surface area contributed by atoms with Crippen molar-refractivity contribution in [3.63, 3.8) is 0 Å². The molecule has 4 atom stereocenters. The van der Waals surface area contributed by atoms with Gasteiger partial charge in [0.15, 0.2) is 11.5 Å². The summed E-state index contributed by atoms with van der Waals surface area (Å²) in [5.41, 5.74) is -2.49. The van der Waals surface area contributed by atoms with E-state index in [1.807, 2.05) is 6.92 Å². The lowest BCUT2D eigenvalue weighted by Crippen LogP contribution is -2.69. The number of aliphatic hydroxyl groups is 4. The number of aromatic hydroxyl groups is 2. The number of phenols is 2. The molecule has 11 heteroatoms. The second kappa shape index (κ2) is 7.87. The number of amides is 1. The Morgan fingerprint density at radius 3 is 2.34 bits per heavy atom. The molecule has 2 aromatic carbocycles. The Kier molecular flexibility index (Phi) is 5.23. The van der Waals surface area contributed by atoms with Crippen molar-refractivity contribution in [2.75, 3.05) is 7.11 Å². The number of phenolic OH excluding ortho intramolecular Hbond substituents is 2. The van der Waals surface area contributed by atoms with Crippen LogP contribution in [0.2, 0.25) is 0 Å². The number of primary amides is 1. The number of hydrogen-bond donors (Lipinski definition) is 7. The molecule has 2 aromatic rings. The summed E-state index contributed by atoms with van der Waals surface area (Å²) >= 11 is 0. The molecule has 216 valence electrons. The zero-order valence-corrected chi connectivity index (χ0v) is 23.0. The van der Waals surface area contributed by atoms with Gasteiger partial charge in [0.1, 0.15) is 34.5 Å². The van der Waals surface area contributed by atoms with E-state index in [0.29, 0.717) is 22.3 Å². The van der Waals surface area contributed by atoms with Crippen molar-refractivity contribution in [2.24, 2.45) is 11.1 Å². The number of allylic oxidation sites excluding steroid dienone is 2. The van der Waals surface area contributed by atoms with Crippen molar-refractivity contribution < 1.29 is 49.8 Å². The van der Waals surface area contributed by atoms with Crippen LogP contribution >= 0.6 is 0 Å². The van der Waals surface area contributed by atoms with Crippen LogP contribution in [0, 0.1) is 5.41 Å². The molecule has 0 saturated carbocycles. The smallest absolute Gasteiger partial charge is 0.255 e. The third-order valence-corrected chi connectivity index (χ3v) is 10.2. The topological polar surface area (TPSA) is 208 Å². The van der Waals surface area contributed by atoms with E-state index in [1.54, 1.807) is 0 Å². The normalized spacial score (nSPS) is 31.8. The van der Waals surface area contributed by atoms with E-state index in [2.05, 4.69) is 19.9 Å². The Bertz CT molecular complexity index is 1720. The van der Waals surface area contributed by atoms with Gasteiger partial charge in [0.2, 0.25) is 11.4 Å². The molecule has 6 rings (SSSR count). The van der Waals surface area contributed by atoms with Crippen molar-refractivity contribution in [3.05, 3.63) is 51.3 Å². The Morgan fingerprint density at radius 1 is 1.10 bits per heavy atom. The fourth-order valence-corrected chi connectivity index (χ4v) is 8.11. The van der Waals surface area contributed by atoms with E-state index in [1.165, 1.54) is 13.2 Å². The monoisotopic (exact) mass is 565 g/mol. The van der Waals surface area contributed by atoms with Crippen LogP contribution in [0.1, 0.15) is 73.2 Å². The summed E-state index contributed by atoms with van der Waals surface area (Å²) in [5.74, 6) is -6.54. The third kappa shape index (κ3) is 2.76. The standard InChI is InChI=1S/C30H31NO10/c1-11-6-5-7-27(2,3)28(11)9-12-16-18(13(32)8-15(41-4)21(16)28)22(34)20-17(12)23(35)29(39)10-14(33)19(26(31)38)24(36)30(29,40)25(20)37/h6,8,23,32,34-36,39-40H,5,7,9-10H2,1-4H3,(H2,31,38)/t23-,28+,29-,30-/m0/s1. The predicted molar refractivity (Wildman–Crippen MR) is 144 cm³/mol. The van der Waals surface area contributed by atoms with Crippen LogP contribution in [-0.2, 0) is 21.4 Å². The van der Waals surface area contributed by atoms with Gasteiger partial charge in [0.05, 0.1) is 18.1 Å². The molecule has 8 N–H and O–H groups in total. The summed E-state index contributed by atoms with van der Waals surface area (Å²) in [6.45, 7) is 6.10. The SMILES string of the molecule is COc1cc(O)c2c(O)c3c(c4c2c1[C@@]1(C4)C(C)=CCCC1(C)C)[C@H](O)[C@@]1(O)CC(=O)C(C(N)=O)=C(O)[C@]1(O)C3=O. The Morgan fingerprint density at radius 2 is 1.76 bits per heavy atom. The van der Waals surface area contributed by atoms with Crippen LogP contribution < -0.4 is 10.5 Å². The lowest BCUT2D eigenvalue weighted by molar-refractivity contribution is -0.193. The molecule has 4 aliphatic carbocycles. The second-order valence-electron chi connectivity index (χ2n) is 12.3. The predicted octanol–water partition coefficient (Wildman–Crippen LogP) is 1.78. The van der Waals surface area contributed by atoms with Gasteiger partial charge < -0.3 is 41.1 Å². The fourth-order valence-electron chi connectivity index (χ4n) is 8.11. The number of carbonyl (C=O) groups is 3. The molecule has 1 spiro atoms. The van der Waals surface area contributed by atoms with E-state index in [-0.39, 0.29) is 17.4 Å². The first kappa shape index (κ1) is 27.3. The van der Waals surface area contributed by atoms with Crippen molar-refractivity contribution in [1.82, 2.24) is 0 Å². The van der Waals surface area contributed by atoms with E-state index >= 15 is 0 Å². The summed E-state index contributed by atoms with van der Waals surface area (Å²) in [4.78, 5) is 38.9. The maximum atomic E-state index is 14.1. The number of methoxy groups -OCH3 is 1. The van der Waals surface area contributed by atoms with Crippen LogP contribution in [0.3, 0.4) is 0 Å². The number of fused-ring (bicyclic) bond motifs is 4. The maximum Gasteiger partial charge on any atom is 0.255 e. The van der Waals surface area contributed by atoms with Crippen molar-refractivity contribution >= 4 is 28.2 Å². The Labute approximate surface area is 234 Å². The number of carbonyl (C=O) groups excluding carboxylic acids is 3. The molecule has 11 nitrogen and oxygen atoms in total. The van der Waals surface area contributed by atoms with Crippen LogP contribution in [0.15, 0.2) is 29.0 Å². The molecule has 0 saturated heterocycles. The molecule has 0 heterocycles. The van der Waals surface area contributed by atoms with Crippen molar-refractivity contribution in [2.45, 2.75) is 69.2 Å². The highest BCUT2D eigenvalue weighted by atomic mass is 16.5. The molecule has 0 radical (unpaired) electrons. The molecular formula is C30H31NO10. The minimum Gasteiger partial charge on any atom is -0.508 e. The lowest BCUT2D eigenvalue weighted by atomic mass is 9.54. The molecule has 41 heavy (non-hydrogen) atoms. The Hall–Kier alpha value is -3.93. The number of rotatable bonds is 2. The minimum atomic E-state index is -3.41. The van der Waals surface area contributed by atoms with E-state index < -0.39 is 80.4 Å². The average molecular weight is 566 g/mol. The van der Waals surface area contributed by atoms with Gasteiger partial charge in [0.25, 0.3) is 5.91 Å². The molecule has 0 aromatic heterocycles. The van der Waals surface area contributed by atoms with Gasteiger partial charge in [0, 0.05) is 34.4 Å². The highest BCUT2D eigenvalue weighted by Gasteiger charge is 2.71. The number of Topliss-reactive ketones (excluding diaryl/α,β-unsaturated/α-hetero) is 2. The molecule has 1 amide bonds. The fraction of sp³-hybridized carbons (Fsp3) is 0.433. The van der Waals surface area contributed by atoms with Gasteiger partial charge in [-0.05, 0) is 37.2 Å². The summed E-state index contributed by atoms with van der Waals surface area (Å²) < 4.78 is 5.73. The molecule has 0 unspecified atom stereocenters. The van der Waals surface area contributed by atoms with E-state index in [9.17, 15) is 45.0 Å². The number of benzene rings is 2. The lowest BCUT2D eigenvalue weighted by Gasteiger charge is -2.51. The summed E-state index contributed by atoms with van der Waals surface area (Å²) in [7, 11) is 1.44. The quantitative estimate of drug-likeness (QED) is 0.207. The number of ether oxygens (including phenoxy) is 1. The molecule has 0 bridgehead atoms. The van der Waals surface area contributed by atoms with Crippen molar-refractivity contribution in [3.8, 4) is 17.2 Å². The summed E-state index contributed by atoms with van der Waals surface area (Å²) in [6, 6.07) is 1.33. The zero-order chi connectivity index (χ0) is 30.2. The molecule has 4 aliphatic rings. The van der Waals surface area contributed by atoms with Crippen LogP contribution in [0.25, 0.3) is 10.8 Å². The van der Waals surface area contributed by atoms with Gasteiger partial charge in [-0.1, -0.05) is 25.5 Å². The third-order valence-electron chi connectivity index (χ3n) is 10.2. The van der Waals surface area contributed by atoms with Crippen LogP contribution in [0.4, 0.5) is 0 Å². The second-order valence-corrected chi connectivity index (χ2v) is 12.3. The first-order chi connectivity index (χ1) is 19.0. The molecule has 0 aliphatic heterocycles. The van der Waals surface area contributed by atoms with Crippen LogP contribution in [-0.4, -0.2) is 66.4 Å². The average Bonchev–Trinajstić information content (AvgIpc) is 3.24. The summed E-state index contributed by atoms with van der Waals surface area (Å²) in [6.07, 6.45) is 0.488. The Balaban J connectivity index is 1.79. The molecular weight excluding hydrogens is 534 g/mol. The van der Waals surface area contributed by atoms with Gasteiger partial charge in [-0.3, -0.25) is 14.4 Å². The van der Waals surface area contributed by atoms with Gasteiger partial charge in [-0.2, -0.15) is 0 Å². The number of aliphatic hydroxyl groups excluding tert-OH is 2. The van der Waals surface area contributed by atoms with Gasteiger partial charge >= 0.3 is 0 Å². The first-order valence-electron chi connectivity index (χ1n) is 13.3. The van der Waals surface area contributed by atoms with E-state index in [4.69, 9.17) is 10.5 Å². The maximum absolute atomic E-state index is 14.1. The largest absolute Gasteiger partial charge is 0.508 e. The van der Waals surface area contributed by atoms with Crippen molar-refractivity contribution in [1.29, 1.82) is 0 Å². The highest BCUT2D eigenvalue weighted by molar-refractivity contribution is 6.24. The van der Waals surface area contributed by atoms with Gasteiger partial charge in [-0.15, -0.1) is 0 Å². The van der Waals surface area contributed by atoms with E-state index in [0.717, 1.165) is 18.4 Å². The van der Waals surface area contributed by atoms with Crippen LogP contribution in [0.5, 0.6) is 17.2 Å². The number of hydrogen-bond acceptors (Lipinski definition) is 10. The summed E-state index contributed by atoms with van der Waals surface area (Å²) in [5, 5.41) is 68.9. The minimum absolute atomic E-state index is 0.138. The first-order valence-corrected chi connectivity index (χ1v) is 13.3. The molecule has 0 fully saturated rings. The highest BCUT2D eigenvalue weighted by Crippen LogP contribution is 2.66. The number of nitrogens with two attached hydrogens (primary N) is 1. The van der Waals surface area contributed by atoms with Gasteiger partial charge in [-0.25, -0.2) is 0 Å². The zero-order valence-electron chi connectivity index (χ0n) is 23.0.